The molecule has 0 aliphatic heterocycles. The van der Waals surface area contributed by atoms with Gasteiger partial charge < -0.3 is 5.32 Å². The number of nitrogens with zero attached hydrogens (tertiary/aromatic N) is 1. The summed E-state index contributed by atoms with van der Waals surface area (Å²) in [5.74, 6) is 0. The van der Waals surface area contributed by atoms with Crippen molar-refractivity contribution in [1.82, 2.24) is 10.3 Å². The Morgan fingerprint density at radius 2 is 2.10 bits per heavy atom. The number of aromatic nitrogens is 1. The zero-order valence-electron chi connectivity index (χ0n) is 12.1. The van der Waals surface area contributed by atoms with Gasteiger partial charge in [-0.1, -0.05) is 35.0 Å². The second kappa shape index (κ2) is 7.55. The molecule has 106 valence electrons. The summed E-state index contributed by atoms with van der Waals surface area (Å²) >= 11 is 3.57. The third kappa shape index (κ3) is 4.15. The Bertz CT molecular complexity index is 540. The van der Waals surface area contributed by atoms with Crippen molar-refractivity contribution in [3.63, 3.8) is 0 Å². The number of aryl methyl sites for hydroxylation is 1. The van der Waals surface area contributed by atoms with Crippen molar-refractivity contribution in [2.75, 3.05) is 6.54 Å². The molecule has 1 unspecified atom stereocenters. The first-order valence-corrected chi connectivity index (χ1v) is 7.89. The van der Waals surface area contributed by atoms with Crippen molar-refractivity contribution in [3.8, 4) is 0 Å². The van der Waals surface area contributed by atoms with Crippen LogP contribution >= 0.6 is 15.9 Å². The molecule has 1 atom stereocenters. The Labute approximate surface area is 129 Å². The van der Waals surface area contributed by atoms with Crippen LogP contribution in [0.15, 0.2) is 47.1 Å². The van der Waals surface area contributed by atoms with Gasteiger partial charge in [-0.25, -0.2) is 0 Å². The third-order valence-corrected chi connectivity index (χ3v) is 3.89. The predicted octanol–water partition coefficient (Wildman–Crippen LogP) is 4.44. The van der Waals surface area contributed by atoms with Crippen molar-refractivity contribution in [2.24, 2.45) is 0 Å². The molecule has 0 aliphatic carbocycles. The Balaban J connectivity index is 2.24. The van der Waals surface area contributed by atoms with Crippen LogP contribution in [0.3, 0.4) is 0 Å². The lowest BCUT2D eigenvalue weighted by Gasteiger charge is -2.21. The quantitative estimate of drug-likeness (QED) is 0.846. The maximum atomic E-state index is 4.45. The number of rotatable bonds is 6. The number of pyridine rings is 1. The summed E-state index contributed by atoms with van der Waals surface area (Å²) in [7, 11) is 0. The number of benzene rings is 1. The molecular formula is C17H21BrN2. The molecule has 0 aliphatic rings. The highest BCUT2D eigenvalue weighted by Crippen LogP contribution is 2.24. The van der Waals surface area contributed by atoms with Crippen molar-refractivity contribution in [1.29, 1.82) is 0 Å². The first-order chi connectivity index (χ1) is 9.70. The predicted molar refractivity (Wildman–Crippen MR) is 87.9 cm³/mol. The van der Waals surface area contributed by atoms with E-state index in [9.17, 15) is 0 Å². The van der Waals surface area contributed by atoms with E-state index in [1.54, 1.807) is 0 Å². The monoisotopic (exact) mass is 332 g/mol. The summed E-state index contributed by atoms with van der Waals surface area (Å²) in [6, 6.07) is 12.9. The molecule has 0 fully saturated rings. The Morgan fingerprint density at radius 3 is 2.80 bits per heavy atom. The maximum Gasteiger partial charge on any atom is 0.0422 e. The van der Waals surface area contributed by atoms with E-state index in [4.69, 9.17) is 0 Å². The summed E-state index contributed by atoms with van der Waals surface area (Å²) in [5, 5.41) is 3.64. The third-order valence-electron chi connectivity index (χ3n) is 3.40. The van der Waals surface area contributed by atoms with Crippen molar-refractivity contribution in [2.45, 2.75) is 32.7 Å². The molecule has 0 amide bonds. The van der Waals surface area contributed by atoms with Gasteiger partial charge in [-0.15, -0.1) is 0 Å². The van der Waals surface area contributed by atoms with Gasteiger partial charge in [-0.3, -0.25) is 4.98 Å². The highest BCUT2D eigenvalue weighted by atomic mass is 79.9. The molecule has 3 heteroatoms. The summed E-state index contributed by atoms with van der Waals surface area (Å²) in [5.41, 5.74) is 3.79. The van der Waals surface area contributed by atoms with Gasteiger partial charge in [0.2, 0.25) is 0 Å². The van der Waals surface area contributed by atoms with Crippen LogP contribution < -0.4 is 5.32 Å². The van der Waals surface area contributed by atoms with E-state index in [0.717, 1.165) is 29.6 Å². The molecule has 1 aromatic carbocycles. The first kappa shape index (κ1) is 15.2. The highest BCUT2D eigenvalue weighted by molar-refractivity contribution is 9.10. The van der Waals surface area contributed by atoms with Crippen LogP contribution in [0.5, 0.6) is 0 Å². The van der Waals surface area contributed by atoms with Crippen molar-refractivity contribution in [3.05, 3.63) is 63.9 Å². The second-order valence-corrected chi connectivity index (χ2v) is 5.95. The van der Waals surface area contributed by atoms with Gasteiger partial charge in [0.15, 0.2) is 0 Å². The smallest absolute Gasteiger partial charge is 0.0422 e. The van der Waals surface area contributed by atoms with E-state index in [0.29, 0.717) is 6.04 Å². The molecular weight excluding hydrogens is 312 g/mol. The minimum absolute atomic E-state index is 0.308. The fraction of sp³-hybridized carbons (Fsp3) is 0.353. The fourth-order valence-electron chi connectivity index (χ4n) is 2.33. The Morgan fingerprint density at radius 1 is 1.25 bits per heavy atom. The average molecular weight is 333 g/mol. The summed E-state index contributed by atoms with van der Waals surface area (Å²) in [6.07, 6.45) is 3.91. The van der Waals surface area contributed by atoms with E-state index in [1.165, 1.54) is 11.1 Å². The van der Waals surface area contributed by atoms with E-state index in [2.05, 4.69) is 64.3 Å². The number of hydrogen-bond acceptors (Lipinski definition) is 2. The van der Waals surface area contributed by atoms with E-state index in [-0.39, 0.29) is 0 Å². The Kier molecular flexibility index (Phi) is 5.74. The number of hydrogen-bond donors (Lipinski definition) is 1. The number of nitrogens with one attached hydrogen (secondary N) is 1. The van der Waals surface area contributed by atoms with Crippen LogP contribution in [0.25, 0.3) is 0 Å². The minimum atomic E-state index is 0.308. The van der Waals surface area contributed by atoms with Crippen LogP contribution in [0, 0.1) is 6.92 Å². The molecule has 0 spiro atoms. The van der Waals surface area contributed by atoms with Gasteiger partial charge in [-0.05, 0) is 55.3 Å². The molecule has 0 radical (unpaired) electrons. The molecule has 0 bridgehead atoms. The zero-order valence-corrected chi connectivity index (χ0v) is 13.7. The van der Waals surface area contributed by atoms with Gasteiger partial charge in [0, 0.05) is 28.8 Å². The van der Waals surface area contributed by atoms with Crippen LogP contribution in [-0.2, 0) is 6.42 Å². The molecule has 0 saturated heterocycles. The fourth-order valence-corrected chi connectivity index (χ4v) is 2.70. The lowest BCUT2D eigenvalue weighted by atomic mass is 9.97. The Hall–Kier alpha value is -1.19. The van der Waals surface area contributed by atoms with Gasteiger partial charge in [0.1, 0.15) is 0 Å². The molecule has 2 nitrogen and oxygen atoms in total. The van der Waals surface area contributed by atoms with E-state index < -0.39 is 0 Å². The lowest BCUT2D eigenvalue weighted by molar-refractivity contribution is 0.522. The van der Waals surface area contributed by atoms with Crippen LogP contribution in [0.4, 0.5) is 0 Å². The van der Waals surface area contributed by atoms with Crippen LogP contribution in [0.2, 0.25) is 0 Å². The molecule has 2 aromatic rings. The number of halogens is 1. The SMILES string of the molecule is CCCNC(Cc1ccccn1)c1cc(Br)ccc1C. The molecule has 1 aromatic heterocycles. The van der Waals surface area contributed by atoms with Crippen LogP contribution in [0.1, 0.15) is 36.2 Å². The highest BCUT2D eigenvalue weighted by Gasteiger charge is 2.14. The summed E-state index contributed by atoms with van der Waals surface area (Å²) < 4.78 is 1.13. The standard InChI is InChI=1S/C17H21BrN2/c1-3-9-20-17(12-15-6-4-5-10-19-15)16-11-14(18)8-7-13(16)2/h4-8,10-11,17,20H,3,9,12H2,1-2H3. The van der Waals surface area contributed by atoms with Gasteiger partial charge >= 0.3 is 0 Å². The topological polar surface area (TPSA) is 24.9 Å². The zero-order chi connectivity index (χ0) is 14.4. The molecule has 1 heterocycles. The normalized spacial score (nSPS) is 12.3. The molecule has 0 saturated carbocycles. The van der Waals surface area contributed by atoms with Gasteiger partial charge in [0.25, 0.3) is 0 Å². The van der Waals surface area contributed by atoms with Crippen molar-refractivity contribution < 1.29 is 0 Å². The van der Waals surface area contributed by atoms with E-state index >= 15 is 0 Å². The van der Waals surface area contributed by atoms with Crippen LogP contribution in [-0.4, -0.2) is 11.5 Å². The van der Waals surface area contributed by atoms with E-state index in [1.807, 2.05) is 18.3 Å². The second-order valence-electron chi connectivity index (χ2n) is 5.03. The van der Waals surface area contributed by atoms with Crippen molar-refractivity contribution >= 4 is 15.9 Å². The van der Waals surface area contributed by atoms with Gasteiger partial charge in [-0.2, -0.15) is 0 Å². The lowest BCUT2D eigenvalue weighted by Crippen LogP contribution is -2.25. The largest absolute Gasteiger partial charge is 0.310 e. The maximum absolute atomic E-state index is 4.45. The molecule has 1 N–H and O–H groups in total. The average Bonchev–Trinajstić information content (AvgIpc) is 2.47. The first-order valence-electron chi connectivity index (χ1n) is 7.10. The molecule has 20 heavy (non-hydrogen) atoms. The summed E-state index contributed by atoms with van der Waals surface area (Å²) in [4.78, 5) is 4.45. The minimum Gasteiger partial charge on any atom is -0.310 e. The summed E-state index contributed by atoms with van der Waals surface area (Å²) in [6.45, 7) is 5.38. The molecule has 2 rings (SSSR count). The van der Waals surface area contributed by atoms with Gasteiger partial charge in [0.05, 0.1) is 0 Å².